The number of anilines is 1. The highest BCUT2D eigenvalue weighted by molar-refractivity contribution is 6.06. The van der Waals surface area contributed by atoms with Crippen LogP contribution in [0.15, 0.2) is 36.4 Å². The third-order valence-corrected chi connectivity index (χ3v) is 4.10. The summed E-state index contributed by atoms with van der Waals surface area (Å²) >= 11 is 0. The Bertz CT molecular complexity index is 828. The van der Waals surface area contributed by atoms with Gasteiger partial charge in [-0.3, -0.25) is 9.59 Å². The molecule has 25 heavy (non-hydrogen) atoms. The molecule has 6 heteroatoms. The van der Waals surface area contributed by atoms with Gasteiger partial charge in [-0.1, -0.05) is 6.07 Å². The number of carbonyl (C=O) groups excluding carboxylic acids is 2. The van der Waals surface area contributed by atoms with Gasteiger partial charge in [-0.2, -0.15) is 0 Å². The molecule has 2 aromatic carbocycles. The molecule has 0 bridgehead atoms. The first-order valence-electron chi connectivity index (χ1n) is 8.08. The van der Waals surface area contributed by atoms with E-state index in [1.807, 2.05) is 6.92 Å². The van der Waals surface area contributed by atoms with Crippen molar-refractivity contribution in [3.05, 3.63) is 53.1 Å². The van der Waals surface area contributed by atoms with E-state index in [0.29, 0.717) is 16.8 Å². The van der Waals surface area contributed by atoms with Gasteiger partial charge < -0.3 is 20.5 Å². The van der Waals surface area contributed by atoms with Crippen LogP contribution in [0, 0.1) is 6.92 Å². The first kappa shape index (κ1) is 16.8. The highest BCUT2D eigenvalue weighted by atomic mass is 16.5. The van der Waals surface area contributed by atoms with Gasteiger partial charge >= 0.3 is 0 Å². The third kappa shape index (κ3) is 3.91. The van der Waals surface area contributed by atoms with Crippen molar-refractivity contribution < 1.29 is 19.4 Å². The molecule has 0 unspecified atom stereocenters. The Balaban J connectivity index is 1.79. The number of hydrogen-bond donors (Lipinski definition) is 3. The van der Waals surface area contributed by atoms with Gasteiger partial charge in [0.15, 0.2) is 11.5 Å². The summed E-state index contributed by atoms with van der Waals surface area (Å²) in [7, 11) is 1.42. The summed E-state index contributed by atoms with van der Waals surface area (Å²) < 4.78 is 5.02. The van der Waals surface area contributed by atoms with Crippen LogP contribution in [0.2, 0.25) is 0 Å². The van der Waals surface area contributed by atoms with Crippen LogP contribution in [0.1, 0.15) is 39.1 Å². The fourth-order valence-corrected chi connectivity index (χ4v) is 2.41. The summed E-state index contributed by atoms with van der Waals surface area (Å²) in [5.74, 6) is -0.290. The molecule has 0 heterocycles. The average Bonchev–Trinajstić information content (AvgIpc) is 3.41. The summed E-state index contributed by atoms with van der Waals surface area (Å²) in [5, 5.41) is 15.4. The Labute approximate surface area is 145 Å². The smallest absolute Gasteiger partial charge is 0.255 e. The maximum Gasteiger partial charge on any atom is 0.255 e. The predicted molar refractivity (Wildman–Crippen MR) is 94.3 cm³/mol. The van der Waals surface area contributed by atoms with E-state index in [4.69, 9.17) is 4.74 Å². The standard InChI is InChI=1S/C19H20N2O4/c1-11-3-4-12(18(23)20-14-6-7-14)9-15(11)21-19(24)13-5-8-16(22)17(10-13)25-2/h3-5,8-10,14,22H,6-7H2,1-2H3,(H,20,23)(H,21,24). The first-order valence-corrected chi connectivity index (χ1v) is 8.08. The number of phenolic OH excluding ortho intramolecular Hbond substituents is 1. The van der Waals surface area contributed by atoms with Gasteiger partial charge in [0, 0.05) is 22.9 Å². The van der Waals surface area contributed by atoms with E-state index in [9.17, 15) is 14.7 Å². The maximum atomic E-state index is 12.5. The van der Waals surface area contributed by atoms with Crippen molar-refractivity contribution in [2.75, 3.05) is 12.4 Å². The molecule has 0 spiro atoms. The minimum Gasteiger partial charge on any atom is -0.504 e. The molecule has 1 saturated carbocycles. The second-order valence-corrected chi connectivity index (χ2v) is 6.12. The third-order valence-electron chi connectivity index (χ3n) is 4.10. The lowest BCUT2D eigenvalue weighted by Crippen LogP contribution is -2.25. The van der Waals surface area contributed by atoms with Crippen LogP contribution in [0.5, 0.6) is 11.5 Å². The van der Waals surface area contributed by atoms with E-state index in [-0.39, 0.29) is 29.4 Å². The number of benzene rings is 2. The number of hydrogen-bond acceptors (Lipinski definition) is 4. The largest absolute Gasteiger partial charge is 0.504 e. The van der Waals surface area contributed by atoms with Crippen LogP contribution in [0.25, 0.3) is 0 Å². The quantitative estimate of drug-likeness (QED) is 0.781. The van der Waals surface area contributed by atoms with Crippen LogP contribution in [0.3, 0.4) is 0 Å². The minimum atomic E-state index is -0.346. The van der Waals surface area contributed by atoms with E-state index in [2.05, 4.69) is 10.6 Å². The van der Waals surface area contributed by atoms with Crippen LogP contribution < -0.4 is 15.4 Å². The zero-order valence-corrected chi connectivity index (χ0v) is 14.1. The number of ether oxygens (including phenoxy) is 1. The molecule has 1 aliphatic carbocycles. The molecular formula is C19H20N2O4. The van der Waals surface area contributed by atoms with Crippen molar-refractivity contribution in [1.29, 1.82) is 0 Å². The van der Waals surface area contributed by atoms with Gasteiger partial charge in [0.2, 0.25) is 0 Å². The molecule has 3 rings (SSSR count). The topological polar surface area (TPSA) is 87.7 Å². The molecule has 3 N–H and O–H groups in total. The first-order chi connectivity index (χ1) is 12.0. The SMILES string of the molecule is COc1cc(C(=O)Nc2cc(C(=O)NC3CC3)ccc2C)ccc1O. The molecule has 1 aliphatic rings. The van der Waals surface area contributed by atoms with Crippen LogP contribution >= 0.6 is 0 Å². The van der Waals surface area contributed by atoms with Crippen molar-refractivity contribution in [2.45, 2.75) is 25.8 Å². The van der Waals surface area contributed by atoms with Crippen molar-refractivity contribution >= 4 is 17.5 Å². The Morgan fingerprint density at radius 2 is 1.76 bits per heavy atom. The molecule has 0 atom stereocenters. The number of carbonyl (C=O) groups is 2. The Kier molecular flexibility index (Phi) is 4.61. The monoisotopic (exact) mass is 340 g/mol. The number of aromatic hydroxyl groups is 1. The summed E-state index contributed by atoms with van der Waals surface area (Å²) in [6.07, 6.45) is 2.04. The second kappa shape index (κ2) is 6.84. The molecule has 0 aromatic heterocycles. The molecule has 2 aromatic rings. The lowest BCUT2D eigenvalue weighted by Gasteiger charge is -2.12. The number of rotatable bonds is 5. The number of phenols is 1. The summed E-state index contributed by atoms with van der Waals surface area (Å²) in [5.41, 5.74) is 2.28. The summed E-state index contributed by atoms with van der Waals surface area (Å²) in [6, 6.07) is 9.86. The molecule has 6 nitrogen and oxygen atoms in total. The van der Waals surface area contributed by atoms with Gasteiger partial charge in [-0.05, 0) is 55.7 Å². The molecule has 130 valence electrons. The molecule has 0 saturated heterocycles. The summed E-state index contributed by atoms with van der Waals surface area (Å²) in [6.45, 7) is 1.86. The van der Waals surface area contributed by atoms with Crippen LogP contribution in [-0.4, -0.2) is 30.1 Å². The normalized spacial score (nSPS) is 13.2. The van der Waals surface area contributed by atoms with E-state index in [1.165, 1.54) is 25.3 Å². The molecule has 2 amide bonds. The lowest BCUT2D eigenvalue weighted by molar-refractivity contribution is 0.0949. The van der Waals surface area contributed by atoms with Crippen molar-refractivity contribution in [2.24, 2.45) is 0 Å². The average molecular weight is 340 g/mol. The Morgan fingerprint density at radius 3 is 2.44 bits per heavy atom. The number of aryl methyl sites for hydroxylation is 1. The van der Waals surface area contributed by atoms with Crippen LogP contribution in [0.4, 0.5) is 5.69 Å². The highest BCUT2D eigenvalue weighted by Crippen LogP contribution is 2.27. The van der Waals surface area contributed by atoms with Crippen molar-refractivity contribution in [3.63, 3.8) is 0 Å². The number of methoxy groups -OCH3 is 1. The molecule has 0 radical (unpaired) electrons. The fraction of sp³-hybridized carbons (Fsp3) is 0.263. The van der Waals surface area contributed by atoms with Gasteiger partial charge in [-0.25, -0.2) is 0 Å². The Hall–Kier alpha value is -3.02. The molecule has 0 aliphatic heterocycles. The van der Waals surface area contributed by atoms with Crippen molar-refractivity contribution in [1.82, 2.24) is 5.32 Å². The number of amides is 2. The van der Waals surface area contributed by atoms with E-state index in [0.717, 1.165) is 18.4 Å². The molecular weight excluding hydrogens is 320 g/mol. The highest BCUT2D eigenvalue weighted by Gasteiger charge is 2.24. The van der Waals surface area contributed by atoms with E-state index < -0.39 is 0 Å². The summed E-state index contributed by atoms with van der Waals surface area (Å²) in [4.78, 5) is 24.6. The van der Waals surface area contributed by atoms with Gasteiger partial charge in [0.25, 0.3) is 11.8 Å². The fourth-order valence-electron chi connectivity index (χ4n) is 2.41. The zero-order valence-electron chi connectivity index (χ0n) is 14.1. The van der Waals surface area contributed by atoms with E-state index in [1.54, 1.807) is 18.2 Å². The second-order valence-electron chi connectivity index (χ2n) is 6.12. The molecule has 1 fully saturated rings. The lowest BCUT2D eigenvalue weighted by atomic mass is 10.1. The van der Waals surface area contributed by atoms with Gasteiger partial charge in [0.05, 0.1) is 7.11 Å². The van der Waals surface area contributed by atoms with Gasteiger partial charge in [-0.15, -0.1) is 0 Å². The van der Waals surface area contributed by atoms with Crippen molar-refractivity contribution in [3.8, 4) is 11.5 Å². The predicted octanol–water partition coefficient (Wildman–Crippen LogP) is 2.85. The maximum absolute atomic E-state index is 12.5. The Morgan fingerprint density at radius 1 is 1.08 bits per heavy atom. The van der Waals surface area contributed by atoms with E-state index >= 15 is 0 Å². The zero-order chi connectivity index (χ0) is 18.0. The number of nitrogens with one attached hydrogen (secondary N) is 2. The minimum absolute atomic E-state index is 0.0334. The van der Waals surface area contributed by atoms with Crippen LogP contribution in [-0.2, 0) is 0 Å². The van der Waals surface area contributed by atoms with Gasteiger partial charge in [0.1, 0.15) is 0 Å².